The monoisotopic (exact) mass is 215 g/mol. The van der Waals surface area contributed by atoms with Crippen LogP contribution >= 0.6 is 7.26 Å². The van der Waals surface area contributed by atoms with Gasteiger partial charge in [0.1, 0.15) is 0 Å². The van der Waals surface area contributed by atoms with E-state index in [-0.39, 0.29) is 0 Å². The van der Waals surface area contributed by atoms with Gasteiger partial charge in [-0.25, -0.2) is 0 Å². The molecule has 1 aliphatic rings. The molecular formula is C12H26NP. The summed E-state index contributed by atoms with van der Waals surface area (Å²) in [5, 5.41) is 0. The van der Waals surface area contributed by atoms with Gasteiger partial charge in [0.2, 0.25) is 0 Å². The first kappa shape index (κ1) is 12.0. The van der Waals surface area contributed by atoms with Crippen LogP contribution in [0, 0.1) is 5.92 Å². The van der Waals surface area contributed by atoms with Gasteiger partial charge >= 0.3 is 88.9 Å². The molecule has 0 saturated heterocycles. The summed E-state index contributed by atoms with van der Waals surface area (Å²) in [6, 6.07) is 0. The zero-order valence-electron chi connectivity index (χ0n) is 9.92. The Morgan fingerprint density at radius 2 is 1.86 bits per heavy atom. The minimum atomic E-state index is -0.996. The summed E-state index contributed by atoms with van der Waals surface area (Å²) in [4.78, 5) is 0. The average Bonchev–Trinajstić information content (AvgIpc) is 2.55. The molecule has 0 heterocycles. The van der Waals surface area contributed by atoms with Crippen molar-refractivity contribution in [2.24, 2.45) is 11.7 Å². The fourth-order valence-electron chi connectivity index (χ4n) is 2.84. The molecular weight excluding hydrogens is 189 g/mol. The number of hydrogen-bond acceptors (Lipinski definition) is 1. The van der Waals surface area contributed by atoms with Gasteiger partial charge in [-0.2, -0.15) is 0 Å². The van der Waals surface area contributed by atoms with Crippen LogP contribution in [-0.2, 0) is 0 Å². The molecule has 0 bridgehead atoms. The van der Waals surface area contributed by atoms with Crippen LogP contribution in [0.15, 0.2) is 12.3 Å². The van der Waals surface area contributed by atoms with Crippen LogP contribution in [0.4, 0.5) is 0 Å². The van der Waals surface area contributed by atoms with Crippen molar-refractivity contribution in [2.45, 2.75) is 37.8 Å². The number of allylic oxidation sites excluding steroid dienone is 1. The van der Waals surface area contributed by atoms with Gasteiger partial charge in [-0.05, 0) is 0 Å². The van der Waals surface area contributed by atoms with E-state index in [2.05, 4.69) is 26.1 Å². The van der Waals surface area contributed by atoms with Crippen molar-refractivity contribution in [2.75, 3.05) is 20.0 Å². The summed E-state index contributed by atoms with van der Waals surface area (Å²) in [6.45, 7) is 7.50. The SMILES string of the molecule is C[PH](C)(C)C(C/C=C/N)C1CCCC1. The van der Waals surface area contributed by atoms with Crippen molar-refractivity contribution in [3.05, 3.63) is 12.3 Å². The van der Waals surface area contributed by atoms with Crippen molar-refractivity contribution < 1.29 is 0 Å². The normalized spacial score (nSPS) is 23.1. The Morgan fingerprint density at radius 1 is 1.29 bits per heavy atom. The molecule has 1 rings (SSSR count). The topological polar surface area (TPSA) is 26.0 Å². The molecule has 2 N–H and O–H groups in total. The molecule has 0 amide bonds. The molecule has 0 spiro atoms. The first-order valence-corrected chi connectivity index (χ1v) is 9.50. The fourth-order valence-corrected chi connectivity index (χ4v) is 5.43. The molecule has 1 fully saturated rings. The van der Waals surface area contributed by atoms with E-state index in [1.165, 1.54) is 32.1 Å². The van der Waals surface area contributed by atoms with E-state index in [4.69, 9.17) is 5.73 Å². The van der Waals surface area contributed by atoms with Gasteiger partial charge in [0.25, 0.3) is 0 Å². The van der Waals surface area contributed by atoms with Gasteiger partial charge in [-0.3, -0.25) is 0 Å². The van der Waals surface area contributed by atoms with Crippen LogP contribution in [0.5, 0.6) is 0 Å². The van der Waals surface area contributed by atoms with E-state index < -0.39 is 7.26 Å². The molecule has 0 radical (unpaired) electrons. The standard InChI is InChI=1S/C12H26NP/c1-14(2,3)12(9-6-10-13)11-7-4-5-8-11/h6,10-12,14H,4-5,7-9,13H2,1-3H3/b10-6+. The second kappa shape index (κ2) is 5.16. The molecule has 1 nitrogen and oxygen atoms in total. The predicted molar refractivity (Wildman–Crippen MR) is 69.8 cm³/mol. The quantitative estimate of drug-likeness (QED) is 0.717. The second-order valence-electron chi connectivity index (χ2n) is 5.68. The van der Waals surface area contributed by atoms with Crippen LogP contribution in [0.3, 0.4) is 0 Å². The Morgan fingerprint density at radius 3 is 2.29 bits per heavy atom. The van der Waals surface area contributed by atoms with Gasteiger partial charge in [-0.1, -0.05) is 0 Å². The molecule has 1 aliphatic carbocycles. The van der Waals surface area contributed by atoms with Gasteiger partial charge < -0.3 is 0 Å². The Bertz CT molecular complexity index is 187. The summed E-state index contributed by atoms with van der Waals surface area (Å²) in [5.74, 6) is 0.998. The Hall–Kier alpha value is -0.0300. The van der Waals surface area contributed by atoms with E-state index in [0.717, 1.165) is 11.6 Å². The Labute approximate surface area is 89.5 Å². The third kappa shape index (κ3) is 3.28. The molecule has 2 heteroatoms. The number of rotatable bonds is 4. The first-order valence-electron chi connectivity index (χ1n) is 5.92. The maximum atomic E-state index is 5.45. The number of hydrogen-bond donors (Lipinski definition) is 1. The van der Waals surface area contributed by atoms with Gasteiger partial charge in [0.15, 0.2) is 0 Å². The zero-order chi connectivity index (χ0) is 10.6. The van der Waals surface area contributed by atoms with Crippen molar-refractivity contribution in [1.29, 1.82) is 0 Å². The summed E-state index contributed by atoms with van der Waals surface area (Å²) < 4.78 is 0. The molecule has 0 aromatic heterocycles. The van der Waals surface area contributed by atoms with Crippen LogP contribution in [0.25, 0.3) is 0 Å². The Kier molecular flexibility index (Phi) is 4.44. The number of nitrogens with two attached hydrogens (primary N) is 1. The van der Waals surface area contributed by atoms with E-state index in [1.807, 2.05) is 0 Å². The molecule has 0 aromatic carbocycles. The summed E-state index contributed by atoms with van der Waals surface area (Å²) >= 11 is 0. The van der Waals surface area contributed by atoms with Crippen LogP contribution in [-0.4, -0.2) is 25.7 Å². The predicted octanol–water partition coefficient (Wildman–Crippen LogP) is 3.05. The summed E-state index contributed by atoms with van der Waals surface area (Å²) in [7, 11) is -0.996. The van der Waals surface area contributed by atoms with Crippen LogP contribution in [0.1, 0.15) is 32.1 Å². The van der Waals surface area contributed by atoms with Gasteiger partial charge in [0, 0.05) is 0 Å². The van der Waals surface area contributed by atoms with E-state index >= 15 is 0 Å². The molecule has 0 aromatic rings. The summed E-state index contributed by atoms with van der Waals surface area (Å²) in [5.41, 5.74) is 6.40. The average molecular weight is 215 g/mol. The van der Waals surface area contributed by atoms with E-state index in [9.17, 15) is 0 Å². The van der Waals surface area contributed by atoms with Crippen molar-refractivity contribution in [3.8, 4) is 0 Å². The molecule has 1 saturated carbocycles. The third-order valence-electron chi connectivity index (χ3n) is 3.61. The maximum absolute atomic E-state index is 5.45. The molecule has 1 atom stereocenters. The third-order valence-corrected chi connectivity index (χ3v) is 6.54. The van der Waals surface area contributed by atoms with Crippen LogP contribution in [0.2, 0.25) is 0 Å². The molecule has 0 aliphatic heterocycles. The second-order valence-corrected chi connectivity index (χ2v) is 11.2. The van der Waals surface area contributed by atoms with E-state index in [1.54, 1.807) is 6.20 Å². The van der Waals surface area contributed by atoms with Crippen molar-refractivity contribution in [1.82, 2.24) is 0 Å². The van der Waals surface area contributed by atoms with Crippen LogP contribution < -0.4 is 5.73 Å². The fraction of sp³-hybridized carbons (Fsp3) is 0.833. The molecule has 1 unspecified atom stereocenters. The molecule has 14 heavy (non-hydrogen) atoms. The van der Waals surface area contributed by atoms with Crippen molar-refractivity contribution in [3.63, 3.8) is 0 Å². The van der Waals surface area contributed by atoms with Gasteiger partial charge in [-0.15, -0.1) is 0 Å². The van der Waals surface area contributed by atoms with E-state index in [0.29, 0.717) is 0 Å². The Balaban J connectivity index is 2.60. The zero-order valence-corrected chi connectivity index (χ0v) is 10.9. The van der Waals surface area contributed by atoms with Gasteiger partial charge in [0.05, 0.1) is 0 Å². The first-order chi connectivity index (χ1) is 6.55. The summed E-state index contributed by atoms with van der Waals surface area (Å²) in [6.07, 6.45) is 11.0. The molecule has 84 valence electrons. The van der Waals surface area contributed by atoms with Crippen molar-refractivity contribution >= 4 is 7.26 Å². The minimum absolute atomic E-state index is 0.949.